The lowest BCUT2D eigenvalue weighted by atomic mass is 9.98. The van der Waals surface area contributed by atoms with Gasteiger partial charge in [-0.2, -0.15) is 0 Å². The van der Waals surface area contributed by atoms with Gasteiger partial charge >= 0.3 is 6.09 Å². The van der Waals surface area contributed by atoms with E-state index in [9.17, 15) is 4.79 Å². The van der Waals surface area contributed by atoms with Crippen LogP contribution in [0.2, 0.25) is 0 Å². The lowest BCUT2D eigenvalue weighted by Crippen LogP contribution is -2.49. The van der Waals surface area contributed by atoms with Gasteiger partial charge in [0.1, 0.15) is 5.75 Å². The first-order valence-electron chi connectivity index (χ1n) is 10.7. The van der Waals surface area contributed by atoms with Gasteiger partial charge in [-0.15, -0.1) is 0 Å². The van der Waals surface area contributed by atoms with Crippen LogP contribution < -0.4 is 15.4 Å². The van der Waals surface area contributed by atoms with Gasteiger partial charge in [0.2, 0.25) is 0 Å². The Morgan fingerprint density at radius 1 is 1.17 bits per heavy atom. The van der Waals surface area contributed by atoms with E-state index in [1.165, 1.54) is 31.9 Å². The highest BCUT2D eigenvalue weighted by atomic mass is 16.5. The van der Waals surface area contributed by atoms with Gasteiger partial charge in [0.25, 0.3) is 0 Å². The summed E-state index contributed by atoms with van der Waals surface area (Å²) in [5, 5.41) is 6.85. The van der Waals surface area contributed by atoms with Crippen LogP contribution >= 0.6 is 0 Å². The summed E-state index contributed by atoms with van der Waals surface area (Å²) in [5.41, 5.74) is 1.17. The molecular weight excluding hydrogens is 368 g/mol. The number of benzene rings is 1. The summed E-state index contributed by atoms with van der Waals surface area (Å²) in [4.78, 5) is 17.7. The van der Waals surface area contributed by atoms with Gasteiger partial charge in [0.05, 0.1) is 13.2 Å². The van der Waals surface area contributed by atoms with Crippen LogP contribution in [0.15, 0.2) is 29.3 Å². The van der Waals surface area contributed by atoms with Crippen LogP contribution in [0.4, 0.5) is 4.79 Å². The van der Waals surface area contributed by atoms with E-state index in [0.29, 0.717) is 31.8 Å². The monoisotopic (exact) mass is 402 g/mol. The molecule has 0 spiro atoms. The predicted octanol–water partition coefficient (Wildman–Crippen LogP) is 3.29. The summed E-state index contributed by atoms with van der Waals surface area (Å²) in [6.45, 7) is 2.08. The van der Waals surface area contributed by atoms with Gasteiger partial charge in [0, 0.05) is 32.7 Å². The van der Waals surface area contributed by atoms with E-state index >= 15 is 0 Å². The molecule has 0 atom stereocenters. The minimum Gasteiger partial charge on any atom is -0.490 e. The van der Waals surface area contributed by atoms with Crippen molar-refractivity contribution in [2.24, 2.45) is 4.99 Å². The lowest BCUT2D eigenvalue weighted by Gasteiger charge is -2.32. The molecule has 1 aliphatic carbocycles. The number of ether oxygens (including phenoxy) is 2. The van der Waals surface area contributed by atoms with Gasteiger partial charge in [0.15, 0.2) is 5.96 Å². The van der Waals surface area contributed by atoms with Crippen molar-refractivity contribution >= 4 is 12.1 Å². The standard InChI is InChI=1S/C22H34N4O3/c1-23-21(25-18-11-13-26(14-12-18)22(27)28-2)24-16-17-7-6-10-20(15-17)29-19-8-4-3-5-9-19/h6-7,10,15,18-19H,3-5,8-9,11-14,16H2,1-2H3,(H2,23,24,25). The van der Waals surface area contributed by atoms with Gasteiger partial charge in [-0.05, 0) is 56.2 Å². The molecule has 1 heterocycles. The van der Waals surface area contributed by atoms with Crippen LogP contribution in [0.25, 0.3) is 0 Å². The number of aliphatic imine (C=N–C) groups is 1. The molecular formula is C22H34N4O3. The highest BCUT2D eigenvalue weighted by Gasteiger charge is 2.23. The van der Waals surface area contributed by atoms with Crippen molar-refractivity contribution in [1.82, 2.24) is 15.5 Å². The van der Waals surface area contributed by atoms with Gasteiger partial charge < -0.3 is 25.0 Å². The Balaban J connectivity index is 1.44. The summed E-state index contributed by atoms with van der Waals surface area (Å²) in [5.74, 6) is 1.73. The maximum atomic E-state index is 11.6. The molecule has 0 radical (unpaired) electrons. The molecule has 1 aromatic rings. The van der Waals surface area contributed by atoms with Crippen LogP contribution in [0, 0.1) is 0 Å². The molecule has 3 rings (SSSR count). The zero-order chi connectivity index (χ0) is 20.5. The molecule has 0 bridgehead atoms. The Bertz CT molecular complexity index is 680. The average Bonchev–Trinajstić information content (AvgIpc) is 2.77. The normalized spacial score (nSPS) is 19.0. The Labute approximate surface area is 173 Å². The molecule has 7 nitrogen and oxygen atoms in total. The summed E-state index contributed by atoms with van der Waals surface area (Å²) in [7, 11) is 3.20. The topological polar surface area (TPSA) is 75.2 Å². The highest BCUT2D eigenvalue weighted by molar-refractivity contribution is 5.80. The van der Waals surface area contributed by atoms with E-state index in [0.717, 1.165) is 37.4 Å². The third kappa shape index (κ3) is 6.54. The van der Waals surface area contributed by atoms with E-state index in [4.69, 9.17) is 9.47 Å². The number of methoxy groups -OCH3 is 1. The second-order valence-corrected chi connectivity index (χ2v) is 7.83. The molecule has 1 saturated carbocycles. The maximum absolute atomic E-state index is 11.6. The van der Waals surface area contributed by atoms with Crippen LogP contribution in [-0.2, 0) is 11.3 Å². The summed E-state index contributed by atoms with van der Waals surface area (Å²) in [6, 6.07) is 8.60. The molecule has 1 saturated heterocycles. The fourth-order valence-corrected chi connectivity index (χ4v) is 4.01. The maximum Gasteiger partial charge on any atom is 0.409 e. The predicted molar refractivity (Wildman–Crippen MR) is 114 cm³/mol. The Hall–Kier alpha value is -2.44. The van der Waals surface area contributed by atoms with Gasteiger partial charge in [-0.25, -0.2) is 4.79 Å². The van der Waals surface area contributed by atoms with Crippen molar-refractivity contribution < 1.29 is 14.3 Å². The first-order valence-corrected chi connectivity index (χ1v) is 10.7. The number of nitrogens with zero attached hydrogens (tertiary/aromatic N) is 2. The average molecular weight is 403 g/mol. The third-order valence-corrected chi connectivity index (χ3v) is 5.71. The quantitative estimate of drug-likeness (QED) is 0.584. The van der Waals surface area contributed by atoms with Crippen molar-refractivity contribution in [3.05, 3.63) is 29.8 Å². The van der Waals surface area contributed by atoms with Crippen LogP contribution in [0.5, 0.6) is 5.75 Å². The van der Waals surface area contributed by atoms with E-state index in [-0.39, 0.29) is 6.09 Å². The number of likely N-dealkylation sites (tertiary alicyclic amines) is 1. The Morgan fingerprint density at radius 3 is 2.62 bits per heavy atom. The number of carbonyl (C=O) groups is 1. The molecule has 2 fully saturated rings. The molecule has 2 N–H and O–H groups in total. The number of nitrogens with one attached hydrogen (secondary N) is 2. The molecule has 1 amide bonds. The van der Waals surface area contributed by atoms with Crippen LogP contribution in [0.1, 0.15) is 50.5 Å². The number of piperidine rings is 1. The van der Waals surface area contributed by atoms with Gasteiger partial charge in [-0.1, -0.05) is 18.6 Å². The first kappa shape index (κ1) is 21.3. The fourth-order valence-electron chi connectivity index (χ4n) is 4.01. The minimum absolute atomic E-state index is 0.249. The number of amides is 1. The van der Waals surface area contributed by atoms with Crippen molar-refractivity contribution in [3.63, 3.8) is 0 Å². The van der Waals surface area contributed by atoms with Crippen molar-refractivity contribution in [2.75, 3.05) is 27.2 Å². The molecule has 160 valence electrons. The smallest absolute Gasteiger partial charge is 0.409 e. The number of carbonyl (C=O) groups excluding carboxylic acids is 1. The zero-order valence-corrected chi connectivity index (χ0v) is 17.7. The zero-order valence-electron chi connectivity index (χ0n) is 17.7. The van der Waals surface area contributed by atoms with E-state index in [1.54, 1.807) is 11.9 Å². The van der Waals surface area contributed by atoms with E-state index in [2.05, 4.69) is 27.8 Å². The summed E-state index contributed by atoms with van der Waals surface area (Å²) in [6.07, 6.45) is 8.05. The number of hydrogen-bond acceptors (Lipinski definition) is 4. The molecule has 0 unspecified atom stereocenters. The van der Waals surface area contributed by atoms with Crippen LogP contribution in [0.3, 0.4) is 0 Å². The van der Waals surface area contributed by atoms with Crippen LogP contribution in [-0.4, -0.2) is 56.3 Å². The summed E-state index contributed by atoms with van der Waals surface area (Å²) >= 11 is 0. The van der Waals surface area contributed by atoms with Crippen molar-refractivity contribution in [2.45, 2.75) is 63.6 Å². The largest absolute Gasteiger partial charge is 0.490 e. The number of rotatable bonds is 5. The van der Waals surface area contributed by atoms with E-state index < -0.39 is 0 Å². The molecule has 2 aliphatic rings. The van der Waals surface area contributed by atoms with Gasteiger partial charge in [-0.3, -0.25) is 4.99 Å². The number of guanidine groups is 1. The van der Waals surface area contributed by atoms with E-state index in [1.807, 2.05) is 12.1 Å². The molecule has 7 heteroatoms. The first-order chi connectivity index (χ1) is 14.2. The third-order valence-electron chi connectivity index (χ3n) is 5.71. The SMILES string of the molecule is CN=C(NCc1cccc(OC2CCCCC2)c1)NC1CCN(C(=O)OC)CC1. The molecule has 1 aliphatic heterocycles. The number of hydrogen-bond donors (Lipinski definition) is 2. The highest BCUT2D eigenvalue weighted by Crippen LogP contribution is 2.24. The van der Waals surface area contributed by atoms with Crippen molar-refractivity contribution in [3.8, 4) is 5.75 Å². The molecule has 1 aromatic carbocycles. The fraction of sp³-hybridized carbons (Fsp3) is 0.636. The Kier molecular flexibility index (Phi) is 8.02. The molecule has 29 heavy (non-hydrogen) atoms. The van der Waals surface area contributed by atoms with Crippen molar-refractivity contribution in [1.29, 1.82) is 0 Å². The second kappa shape index (κ2) is 10.9. The summed E-state index contributed by atoms with van der Waals surface area (Å²) < 4.78 is 11.0. The lowest BCUT2D eigenvalue weighted by molar-refractivity contribution is 0.111. The molecule has 0 aromatic heterocycles. The second-order valence-electron chi connectivity index (χ2n) is 7.83. The minimum atomic E-state index is -0.249. The Morgan fingerprint density at radius 2 is 1.93 bits per heavy atom.